The fourth-order valence-corrected chi connectivity index (χ4v) is 2.09. The molecule has 0 bridgehead atoms. The number of hydrogen-bond donors (Lipinski definition) is 3. The highest BCUT2D eigenvalue weighted by Gasteiger charge is 2.14. The Balaban J connectivity index is 1.92. The monoisotopic (exact) mass is 318 g/mol. The number of aromatic amines is 1. The van der Waals surface area contributed by atoms with Crippen molar-refractivity contribution in [3.8, 4) is 17.0 Å². The lowest BCUT2D eigenvalue weighted by atomic mass is 10.1. The summed E-state index contributed by atoms with van der Waals surface area (Å²) in [5, 5.41) is 12.9. The van der Waals surface area contributed by atoms with Gasteiger partial charge in [0.1, 0.15) is 5.75 Å². The minimum atomic E-state index is -0.155. The van der Waals surface area contributed by atoms with Crippen LogP contribution in [0.3, 0.4) is 0 Å². The van der Waals surface area contributed by atoms with Gasteiger partial charge in [-0.15, -0.1) is 0 Å². The summed E-state index contributed by atoms with van der Waals surface area (Å²) >= 11 is 0. The van der Waals surface area contributed by atoms with Crippen molar-refractivity contribution in [2.75, 3.05) is 40.5 Å². The SMILES string of the molecule is COCCNCCNC(=O)c1cn[nH]c1-c1ccc(OC)cc1. The van der Waals surface area contributed by atoms with Gasteiger partial charge >= 0.3 is 0 Å². The maximum absolute atomic E-state index is 12.3. The third-order valence-electron chi connectivity index (χ3n) is 3.33. The predicted octanol–water partition coefficient (Wildman–Crippen LogP) is 1.05. The Labute approximate surface area is 135 Å². The van der Waals surface area contributed by atoms with Gasteiger partial charge < -0.3 is 20.1 Å². The third kappa shape index (κ3) is 4.80. The van der Waals surface area contributed by atoms with Crippen LogP contribution in [0.15, 0.2) is 30.5 Å². The van der Waals surface area contributed by atoms with Crippen LogP contribution in [0.5, 0.6) is 5.75 Å². The molecule has 2 rings (SSSR count). The summed E-state index contributed by atoms with van der Waals surface area (Å²) in [5.41, 5.74) is 2.09. The summed E-state index contributed by atoms with van der Waals surface area (Å²) < 4.78 is 10.1. The zero-order valence-electron chi connectivity index (χ0n) is 13.4. The van der Waals surface area contributed by atoms with Gasteiger partial charge in [0.25, 0.3) is 5.91 Å². The van der Waals surface area contributed by atoms with E-state index in [1.54, 1.807) is 14.2 Å². The number of hydrogen-bond acceptors (Lipinski definition) is 5. The maximum atomic E-state index is 12.3. The van der Waals surface area contributed by atoms with E-state index in [-0.39, 0.29) is 5.91 Å². The van der Waals surface area contributed by atoms with Gasteiger partial charge in [-0.1, -0.05) is 0 Å². The molecule has 0 aliphatic carbocycles. The summed E-state index contributed by atoms with van der Waals surface area (Å²) in [4.78, 5) is 12.3. The number of carbonyl (C=O) groups excluding carboxylic acids is 1. The second-order valence-electron chi connectivity index (χ2n) is 4.89. The van der Waals surface area contributed by atoms with Crippen molar-refractivity contribution in [2.45, 2.75) is 0 Å². The Hall–Kier alpha value is -2.38. The van der Waals surface area contributed by atoms with Crippen LogP contribution in [0.25, 0.3) is 11.3 Å². The lowest BCUT2D eigenvalue weighted by Crippen LogP contribution is -2.33. The summed E-state index contributed by atoms with van der Waals surface area (Å²) in [7, 11) is 3.27. The van der Waals surface area contributed by atoms with Gasteiger partial charge in [-0.05, 0) is 24.3 Å². The van der Waals surface area contributed by atoms with Crippen LogP contribution in [0.2, 0.25) is 0 Å². The number of nitrogens with zero attached hydrogens (tertiary/aromatic N) is 1. The van der Waals surface area contributed by atoms with Crippen molar-refractivity contribution in [2.24, 2.45) is 0 Å². The van der Waals surface area contributed by atoms with Crippen LogP contribution in [0.1, 0.15) is 10.4 Å². The molecule has 7 nitrogen and oxygen atoms in total. The molecule has 0 saturated carbocycles. The van der Waals surface area contributed by atoms with E-state index in [2.05, 4.69) is 20.8 Å². The molecule has 1 aromatic heterocycles. The highest BCUT2D eigenvalue weighted by atomic mass is 16.5. The quantitative estimate of drug-likeness (QED) is 0.602. The molecule has 1 heterocycles. The molecule has 1 amide bonds. The molecule has 2 aromatic rings. The van der Waals surface area contributed by atoms with Gasteiger partial charge in [0.15, 0.2) is 0 Å². The van der Waals surface area contributed by atoms with E-state index in [1.807, 2.05) is 24.3 Å². The number of aromatic nitrogens is 2. The average molecular weight is 318 g/mol. The zero-order chi connectivity index (χ0) is 16.5. The molecule has 0 unspecified atom stereocenters. The van der Waals surface area contributed by atoms with Crippen LogP contribution in [0.4, 0.5) is 0 Å². The molecular weight excluding hydrogens is 296 g/mol. The molecule has 7 heteroatoms. The Morgan fingerprint density at radius 2 is 1.96 bits per heavy atom. The number of rotatable bonds is 9. The highest BCUT2D eigenvalue weighted by molar-refractivity contribution is 5.99. The number of methoxy groups -OCH3 is 2. The molecular formula is C16H22N4O3. The third-order valence-corrected chi connectivity index (χ3v) is 3.33. The normalized spacial score (nSPS) is 10.5. The lowest BCUT2D eigenvalue weighted by molar-refractivity contribution is 0.0954. The lowest BCUT2D eigenvalue weighted by Gasteiger charge is -2.07. The Kier molecular flexibility index (Phi) is 6.58. The van der Waals surface area contributed by atoms with Gasteiger partial charge in [0, 0.05) is 32.3 Å². The van der Waals surface area contributed by atoms with Crippen molar-refractivity contribution in [1.29, 1.82) is 0 Å². The van der Waals surface area contributed by atoms with Crippen molar-refractivity contribution in [1.82, 2.24) is 20.8 Å². The molecule has 0 aliphatic rings. The second kappa shape index (κ2) is 8.92. The molecule has 0 saturated heterocycles. The van der Waals surface area contributed by atoms with E-state index < -0.39 is 0 Å². The first-order valence-corrected chi connectivity index (χ1v) is 7.42. The summed E-state index contributed by atoms with van der Waals surface area (Å²) in [5.74, 6) is 0.611. The van der Waals surface area contributed by atoms with E-state index in [4.69, 9.17) is 9.47 Å². The van der Waals surface area contributed by atoms with Gasteiger partial charge in [0.05, 0.1) is 31.2 Å². The Bertz CT molecular complexity index is 610. The molecule has 0 atom stereocenters. The molecule has 124 valence electrons. The highest BCUT2D eigenvalue weighted by Crippen LogP contribution is 2.23. The van der Waals surface area contributed by atoms with Crippen LogP contribution >= 0.6 is 0 Å². The van der Waals surface area contributed by atoms with E-state index in [0.29, 0.717) is 31.0 Å². The smallest absolute Gasteiger partial charge is 0.255 e. The number of nitrogens with one attached hydrogen (secondary N) is 3. The first kappa shape index (κ1) is 17.0. The Morgan fingerprint density at radius 3 is 2.65 bits per heavy atom. The standard InChI is InChI=1S/C16H22N4O3/c1-22-10-9-17-7-8-18-16(21)14-11-19-20-15(14)12-3-5-13(23-2)6-4-12/h3-6,11,17H,7-10H2,1-2H3,(H,18,21)(H,19,20). The van der Waals surface area contributed by atoms with Crippen molar-refractivity contribution in [3.05, 3.63) is 36.0 Å². The largest absolute Gasteiger partial charge is 0.497 e. The minimum absolute atomic E-state index is 0.155. The summed E-state index contributed by atoms with van der Waals surface area (Å²) in [6, 6.07) is 7.46. The van der Waals surface area contributed by atoms with Gasteiger partial charge in [-0.2, -0.15) is 5.10 Å². The fraction of sp³-hybridized carbons (Fsp3) is 0.375. The zero-order valence-corrected chi connectivity index (χ0v) is 13.4. The van der Waals surface area contributed by atoms with Crippen LogP contribution < -0.4 is 15.4 Å². The first-order chi connectivity index (χ1) is 11.3. The van der Waals surface area contributed by atoms with E-state index >= 15 is 0 Å². The summed E-state index contributed by atoms with van der Waals surface area (Å²) in [6.07, 6.45) is 1.53. The number of benzene rings is 1. The van der Waals surface area contributed by atoms with Crippen LogP contribution in [-0.4, -0.2) is 56.6 Å². The van der Waals surface area contributed by atoms with E-state index in [1.165, 1.54) is 6.20 Å². The van der Waals surface area contributed by atoms with Crippen LogP contribution in [0, 0.1) is 0 Å². The number of H-pyrrole nitrogens is 1. The predicted molar refractivity (Wildman–Crippen MR) is 87.7 cm³/mol. The fourth-order valence-electron chi connectivity index (χ4n) is 2.09. The van der Waals surface area contributed by atoms with E-state index in [0.717, 1.165) is 17.9 Å². The molecule has 3 N–H and O–H groups in total. The Morgan fingerprint density at radius 1 is 1.17 bits per heavy atom. The van der Waals surface area contributed by atoms with Gasteiger partial charge in [-0.25, -0.2) is 0 Å². The van der Waals surface area contributed by atoms with Gasteiger partial charge in [0.2, 0.25) is 0 Å². The number of ether oxygens (including phenoxy) is 2. The topological polar surface area (TPSA) is 88.3 Å². The second-order valence-corrected chi connectivity index (χ2v) is 4.89. The van der Waals surface area contributed by atoms with Crippen molar-refractivity contribution >= 4 is 5.91 Å². The molecule has 0 spiro atoms. The number of carbonyl (C=O) groups is 1. The molecule has 0 radical (unpaired) electrons. The van der Waals surface area contributed by atoms with E-state index in [9.17, 15) is 4.79 Å². The number of amides is 1. The van der Waals surface area contributed by atoms with Gasteiger partial charge in [-0.3, -0.25) is 9.89 Å². The molecule has 0 fully saturated rings. The average Bonchev–Trinajstić information content (AvgIpc) is 3.07. The molecule has 0 aliphatic heterocycles. The molecule has 1 aromatic carbocycles. The maximum Gasteiger partial charge on any atom is 0.255 e. The van der Waals surface area contributed by atoms with Crippen molar-refractivity contribution in [3.63, 3.8) is 0 Å². The minimum Gasteiger partial charge on any atom is -0.497 e. The van der Waals surface area contributed by atoms with Crippen molar-refractivity contribution < 1.29 is 14.3 Å². The molecule has 23 heavy (non-hydrogen) atoms. The first-order valence-electron chi connectivity index (χ1n) is 7.42. The van der Waals surface area contributed by atoms with Crippen LogP contribution in [-0.2, 0) is 4.74 Å². The summed E-state index contributed by atoms with van der Waals surface area (Å²) in [6.45, 7) is 2.63.